The van der Waals surface area contributed by atoms with Crippen LogP contribution in [0.15, 0.2) is 18.7 Å². The Balaban J connectivity index is 2.16. The second-order valence-corrected chi connectivity index (χ2v) is 3.82. The number of rotatable bonds is 6. The normalized spacial score (nSPS) is 12.5. The second kappa shape index (κ2) is 5.52. The molecule has 2 heterocycles. The minimum atomic E-state index is -0.793. The molecule has 1 atom stereocenters. The maximum absolute atomic E-state index is 12.5. The van der Waals surface area contributed by atoms with Crippen molar-refractivity contribution in [2.45, 2.75) is 12.6 Å². The van der Waals surface area contributed by atoms with Crippen LogP contribution in [0.3, 0.4) is 0 Å². The topological polar surface area (TPSA) is 112 Å². The first-order valence-corrected chi connectivity index (χ1v) is 5.37. The average molecular weight is 269 g/mol. The predicted octanol–water partition coefficient (Wildman–Crippen LogP) is -0.0660. The summed E-state index contributed by atoms with van der Waals surface area (Å²) in [4.78, 5) is 13.8. The van der Waals surface area contributed by atoms with E-state index in [4.69, 9.17) is 5.11 Å². The van der Waals surface area contributed by atoms with Gasteiger partial charge in [0.25, 0.3) is 0 Å². The molecule has 0 fully saturated rings. The van der Waals surface area contributed by atoms with Crippen molar-refractivity contribution in [3.63, 3.8) is 0 Å². The lowest BCUT2D eigenvalue weighted by molar-refractivity contribution is -0.392. The van der Waals surface area contributed by atoms with Gasteiger partial charge in [0, 0.05) is 0 Å². The molecule has 102 valence electrons. The number of aromatic nitrogens is 5. The van der Waals surface area contributed by atoms with E-state index in [-0.39, 0.29) is 12.4 Å². The number of hydrogen-bond donors (Lipinski definition) is 1. The lowest BCUT2D eigenvalue weighted by atomic mass is 10.3. The van der Waals surface area contributed by atoms with Gasteiger partial charge in [0.1, 0.15) is 31.2 Å². The molecular formula is C9H11FN6O3. The average Bonchev–Trinajstić information content (AvgIpc) is 3.01. The zero-order valence-electron chi connectivity index (χ0n) is 9.76. The molecule has 0 amide bonds. The molecule has 0 spiro atoms. The summed E-state index contributed by atoms with van der Waals surface area (Å²) in [5, 5.41) is 27.1. The first-order valence-electron chi connectivity index (χ1n) is 5.37. The summed E-state index contributed by atoms with van der Waals surface area (Å²) in [5.74, 6) is -0.168. The van der Waals surface area contributed by atoms with Gasteiger partial charge in [-0.1, -0.05) is 5.21 Å². The van der Waals surface area contributed by atoms with Crippen molar-refractivity contribution in [3.8, 4) is 0 Å². The number of imidazole rings is 1. The Morgan fingerprint density at radius 3 is 3.00 bits per heavy atom. The molecule has 0 radical (unpaired) electrons. The van der Waals surface area contributed by atoms with Gasteiger partial charge in [0.2, 0.25) is 0 Å². The predicted molar refractivity (Wildman–Crippen MR) is 60.1 cm³/mol. The lowest BCUT2D eigenvalue weighted by Crippen LogP contribution is -2.15. The summed E-state index contributed by atoms with van der Waals surface area (Å²) in [6.45, 7) is -1.07. The summed E-state index contributed by atoms with van der Waals surface area (Å²) in [6, 6.07) is -0.793. The highest BCUT2D eigenvalue weighted by molar-refractivity contribution is 5.16. The maximum atomic E-state index is 12.5. The van der Waals surface area contributed by atoms with E-state index in [0.717, 1.165) is 6.20 Å². The van der Waals surface area contributed by atoms with Gasteiger partial charge in [-0.3, -0.25) is 0 Å². The molecule has 19 heavy (non-hydrogen) atoms. The number of aliphatic hydroxyl groups is 1. The standard InChI is InChI=1S/C9H11FN6O3/c10-1-8(5-17)15-4-7(12-13-15)3-14-6-11-2-9(14)16(18)19/h2,4,6,8,17H,1,3,5H2/i10-1. The van der Waals surface area contributed by atoms with Crippen LogP contribution >= 0.6 is 0 Å². The highest BCUT2D eigenvalue weighted by atomic mass is 18.2. The molecule has 0 aliphatic rings. The summed E-state index contributed by atoms with van der Waals surface area (Å²) in [7, 11) is 0. The molecule has 0 aliphatic carbocycles. The highest BCUT2D eigenvalue weighted by Crippen LogP contribution is 2.12. The van der Waals surface area contributed by atoms with Crippen LogP contribution in [-0.4, -0.2) is 47.9 Å². The Morgan fingerprint density at radius 1 is 1.58 bits per heavy atom. The fourth-order valence-electron chi connectivity index (χ4n) is 1.53. The highest BCUT2D eigenvalue weighted by Gasteiger charge is 2.17. The van der Waals surface area contributed by atoms with Crippen molar-refractivity contribution in [3.05, 3.63) is 34.5 Å². The van der Waals surface area contributed by atoms with Crippen molar-refractivity contribution >= 4 is 5.82 Å². The zero-order valence-corrected chi connectivity index (χ0v) is 9.76. The molecule has 0 bridgehead atoms. The third-order valence-electron chi connectivity index (χ3n) is 2.53. The molecule has 1 N–H and O–H groups in total. The largest absolute Gasteiger partial charge is 0.394 e. The fourth-order valence-corrected chi connectivity index (χ4v) is 1.53. The number of aliphatic hydroxyl groups excluding tert-OH is 1. The maximum Gasteiger partial charge on any atom is 0.342 e. The van der Waals surface area contributed by atoms with Crippen LogP contribution in [0.1, 0.15) is 11.7 Å². The van der Waals surface area contributed by atoms with Gasteiger partial charge in [-0.2, -0.15) is 0 Å². The van der Waals surface area contributed by atoms with E-state index in [2.05, 4.69) is 15.3 Å². The number of nitro groups is 1. The Morgan fingerprint density at radius 2 is 2.37 bits per heavy atom. The smallest absolute Gasteiger partial charge is 0.342 e. The molecule has 0 aliphatic heterocycles. The monoisotopic (exact) mass is 269 g/mol. The SMILES string of the molecule is O=[N+]([O-])c1cncn1Cc1cn(C(CO)C[18F])nn1. The van der Waals surface area contributed by atoms with Crippen LogP contribution in [0.2, 0.25) is 0 Å². The van der Waals surface area contributed by atoms with Crippen LogP contribution < -0.4 is 0 Å². The quantitative estimate of drug-likeness (QED) is 0.580. The number of halogens is 1. The van der Waals surface area contributed by atoms with Crippen LogP contribution in [0.5, 0.6) is 0 Å². The van der Waals surface area contributed by atoms with E-state index in [1.165, 1.54) is 21.8 Å². The van der Waals surface area contributed by atoms with Crippen molar-refractivity contribution in [2.75, 3.05) is 13.3 Å². The lowest BCUT2D eigenvalue weighted by Gasteiger charge is -2.07. The van der Waals surface area contributed by atoms with Crippen molar-refractivity contribution in [2.24, 2.45) is 0 Å². The van der Waals surface area contributed by atoms with E-state index in [1.54, 1.807) is 0 Å². The molecule has 0 saturated carbocycles. The van der Waals surface area contributed by atoms with E-state index in [1.807, 2.05) is 0 Å². The fraction of sp³-hybridized carbons (Fsp3) is 0.444. The number of nitrogens with zero attached hydrogens (tertiary/aromatic N) is 6. The van der Waals surface area contributed by atoms with Crippen LogP contribution in [0, 0.1) is 10.1 Å². The Bertz CT molecular complexity index is 564. The molecule has 2 rings (SSSR count). The zero-order chi connectivity index (χ0) is 13.8. The molecule has 0 saturated heterocycles. The van der Waals surface area contributed by atoms with Gasteiger partial charge < -0.3 is 15.2 Å². The van der Waals surface area contributed by atoms with E-state index < -0.39 is 24.2 Å². The van der Waals surface area contributed by atoms with Gasteiger partial charge >= 0.3 is 5.82 Å². The summed E-state index contributed by atoms with van der Waals surface area (Å²) < 4.78 is 15.0. The van der Waals surface area contributed by atoms with Gasteiger partial charge in [-0.05, 0) is 4.92 Å². The first kappa shape index (κ1) is 13.1. The van der Waals surface area contributed by atoms with Crippen LogP contribution in [-0.2, 0) is 6.54 Å². The number of hydrogen-bond acceptors (Lipinski definition) is 6. The summed E-state index contributed by atoms with van der Waals surface area (Å²) in [6.07, 6.45) is 3.86. The van der Waals surface area contributed by atoms with Crippen molar-refractivity contribution < 1.29 is 14.4 Å². The van der Waals surface area contributed by atoms with E-state index >= 15 is 0 Å². The molecular weight excluding hydrogens is 258 g/mol. The number of alkyl halides is 1. The van der Waals surface area contributed by atoms with Gasteiger partial charge in [-0.25, -0.2) is 18.6 Å². The molecule has 2 aromatic rings. The van der Waals surface area contributed by atoms with Crippen molar-refractivity contribution in [1.29, 1.82) is 0 Å². The minimum Gasteiger partial charge on any atom is -0.394 e. The van der Waals surface area contributed by atoms with Gasteiger partial charge in [-0.15, -0.1) is 5.10 Å². The third kappa shape index (κ3) is 2.73. The Labute approximate surface area is 106 Å². The molecule has 1 unspecified atom stereocenters. The van der Waals surface area contributed by atoms with E-state index in [9.17, 15) is 14.5 Å². The molecule has 9 nitrogen and oxygen atoms in total. The third-order valence-corrected chi connectivity index (χ3v) is 2.53. The second-order valence-electron chi connectivity index (χ2n) is 3.82. The van der Waals surface area contributed by atoms with Crippen LogP contribution in [0.4, 0.5) is 10.2 Å². The summed E-state index contributed by atoms with van der Waals surface area (Å²) in [5.41, 5.74) is 0.410. The van der Waals surface area contributed by atoms with Gasteiger partial charge in [0.15, 0.2) is 6.33 Å². The molecule has 2 aromatic heterocycles. The van der Waals surface area contributed by atoms with Crippen LogP contribution in [0.25, 0.3) is 0 Å². The first-order chi connectivity index (χ1) is 9.15. The Hall–Kier alpha value is -2.36. The van der Waals surface area contributed by atoms with Gasteiger partial charge in [0.05, 0.1) is 12.8 Å². The molecule has 0 aromatic carbocycles. The van der Waals surface area contributed by atoms with Crippen molar-refractivity contribution in [1.82, 2.24) is 24.5 Å². The molecule has 10 heteroatoms. The Kier molecular flexibility index (Phi) is 3.80. The minimum absolute atomic E-state index is 0.0980. The summed E-state index contributed by atoms with van der Waals surface area (Å²) >= 11 is 0. The van der Waals surface area contributed by atoms with E-state index in [0.29, 0.717) is 5.69 Å².